The van der Waals surface area contributed by atoms with Crippen molar-refractivity contribution in [1.29, 1.82) is 0 Å². The lowest BCUT2D eigenvalue weighted by Crippen LogP contribution is -2.22. The monoisotopic (exact) mass is 181 g/mol. The minimum atomic E-state index is -1.26. The first kappa shape index (κ1) is 9.84. The van der Waals surface area contributed by atoms with Gasteiger partial charge in [-0.05, 0) is 18.6 Å². The van der Waals surface area contributed by atoms with E-state index in [2.05, 4.69) is 0 Å². The van der Waals surface area contributed by atoms with Gasteiger partial charge in [-0.3, -0.25) is 0 Å². The summed E-state index contributed by atoms with van der Waals surface area (Å²) in [5.41, 5.74) is 0.447. The van der Waals surface area contributed by atoms with Gasteiger partial charge in [-0.25, -0.2) is 0 Å². The summed E-state index contributed by atoms with van der Waals surface area (Å²) < 4.78 is 5.18. The van der Waals surface area contributed by atoms with E-state index in [0.717, 1.165) is 0 Å². The van der Waals surface area contributed by atoms with Crippen LogP contribution in [-0.4, -0.2) is 5.97 Å². The van der Waals surface area contributed by atoms with Gasteiger partial charge in [0.2, 0.25) is 0 Å². The highest BCUT2D eigenvalue weighted by Crippen LogP contribution is 2.26. The number of carbonyl (C=O) groups excluding carboxylic acids is 1. The zero-order valence-electron chi connectivity index (χ0n) is 8.30. The standard InChI is InChI=1S/C10H14O3/c1-6-5-7(10(2,3)4)13-8(6)9(11)12/h5H,1-4H3,(H,11,12)/p-1. The molecule has 0 saturated carbocycles. The van der Waals surface area contributed by atoms with E-state index in [4.69, 9.17) is 4.42 Å². The molecule has 1 aromatic rings. The third-order valence-corrected chi connectivity index (χ3v) is 1.84. The van der Waals surface area contributed by atoms with Crippen LogP contribution in [0.25, 0.3) is 0 Å². The van der Waals surface area contributed by atoms with Crippen molar-refractivity contribution in [3.63, 3.8) is 0 Å². The van der Waals surface area contributed by atoms with Crippen LogP contribution >= 0.6 is 0 Å². The first-order valence-corrected chi connectivity index (χ1v) is 4.14. The molecule has 0 N–H and O–H groups in total. The first-order chi connectivity index (χ1) is 5.82. The molecule has 1 heterocycles. The number of carbonyl (C=O) groups is 1. The van der Waals surface area contributed by atoms with Crippen LogP contribution < -0.4 is 5.11 Å². The molecule has 1 aromatic heterocycles. The zero-order valence-corrected chi connectivity index (χ0v) is 8.30. The Labute approximate surface area is 77.4 Å². The Kier molecular flexibility index (Phi) is 2.20. The van der Waals surface area contributed by atoms with Gasteiger partial charge in [0, 0.05) is 5.41 Å². The molecule has 0 saturated heterocycles. The summed E-state index contributed by atoms with van der Waals surface area (Å²) in [6.45, 7) is 7.59. The van der Waals surface area contributed by atoms with Gasteiger partial charge >= 0.3 is 0 Å². The van der Waals surface area contributed by atoms with E-state index in [-0.39, 0.29) is 11.2 Å². The highest BCUT2D eigenvalue weighted by Gasteiger charge is 2.20. The molecule has 0 amide bonds. The fourth-order valence-corrected chi connectivity index (χ4v) is 1.05. The number of aryl methyl sites for hydroxylation is 1. The van der Waals surface area contributed by atoms with Crippen LogP contribution in [0, 0.1) is 6.92 Å². The van der Waals surface area contributed by atoms with E-state index in [1.54, 1.807) is 13.0 Å². The molecule has 0 fully saturated rings. The van der Waals surface area contributed by atoms with Crippen LogP contribution in [-0.2, 0) is 5.41 Å². The SMILES string of the molecule is Cc1cc(C(C)(C)C)oc1C(=O)[O-]. The van der Waals surface area contributed by atoms with Gasteiger partial charge in [0.15, 0.2) is 5.76 Å². The highest BCUT2D eigenvalue weighted by atomic mass is 16.4. The van der Waals surface area contributed by atoms with Crippen molar-refractivity contribution >= 4 is 5.97 Å². The average molecular weight is 181 g/mol. The maximum Gasteiger partial charge on any atom is 0.152 e. The molecule has 3 nitrogen and oxygen atoms in total. The first-order valence-electron chi connectivity index (χ1n) is 4.14. The predicted molar refractivity (Wildman–Crippen MR) is 46.5 cm³/mol. The second kappa shape index (κ2) is 2.91. The molecule has 0 atom stereocenters. The van der Waals surface area contributed by atoms with Crippen molar-refractivity contribution in [2.24, 2.45) is 0 Å². The van der Waals surface area contributed by atoms with Gasteiger partial charge in [-0.15, -0.1) is 0 Å². The number of rotatable bonds is 1. The summed E-state index contributed by atoms with van der Waals surface area (Å²) in [4.78, 5) is 10.6. The van der Waals surface area contributed by atoms with E-state index >= 15 is 0 Å². The van der Waals surface area contributed by atoms with E-state index in [1.165, 1.54) is 0 Å². The lowest BCUT2D eigenvalue weighted by Gasteiger charge is -2.14. The summed E-state index contributed by atoms with van der Waals surface area (Å²) in [5.74, 6) is -0.651. The van der Waals surface area contributed by atoms with E-state index in [9.17, 15) is 9.90 Å². The molecule has 72 valence electrons. The minimum absolute atomic E-state index is 0.0649. The van der Waals surface area contributed by atoms with E-state index in [0.29, 0.717) is 11.3 Å². The van der Waals surface area contributed by atoms with Crippen molar-refractivity contribution in [2.45, 2.75) is 33.1 Å². The molecule has 0 aliphatic heterocycles. The Balaban J connectivity index is 3.17. The van der Waals surface area contributed by atoms with Gasteiger partial charge in [-0.2, -0.15) is 0 Å². The van der Waals surface area contributed by atoms with Crippen molar-refractivity contribution < 1.29 is 14.3 Å². The molecule has 3 heteroatoms. The molecule has 0 aliphatic carbocycles. The normalized spacial score (nSPS) is 11.7. The minimum Gasteiger partial charge on any atom is -0.542 e. The van der Waals surface area contributed by atoms with Crippen molar-refractivity contribution in [1.82, 2.24) is 0 Å². The Hall–Kier alpha value is -1.25. The summed E-state index contributed by atoms with van der Waals surface area (Å²) in [7, 11) is 0. The second-order valence-corrected chi connectivity index (χ2v) is 4.16. The van der Waals surface area contributed by atoms with Crippen LogP contribution in [0.15, 0.2) is 10.5 Å². The molecule has 0 aromatic carbocycles. The van der Waals surface area contributed by atoms with Gasteiger partial charge in [0.05, 0.1) is 0 Å². The molecule has 0 radical (unpaired) electrons. The average Bonchev–Trinajstić information content (AvgIpc) is 2.29. The maximum atomic E-state index is 10.6. The molecule has 13 heavy (non-hydrogen) atoms. The third-order valence-electron chi connectivity index (χ3n) is 1.84. The molecule has 0 aliphatic rings. The van der Waals surface area contributed by atoms with Crippen LogP contribution in [0.2, 0.25) is 0 Å². The quantitative estimate of drug-likeness (QED) is 0.655. The fraction of sp³-hybridized carbons (Fsp3) is 0.500. The predicted octanol–water partition coefficient (Wildman–Crippen LogP) is 1.25. The van der Waals surface area contributed by atoms with Crippen molar-refractivity contribution in [3.05, 3.63) is 23.2 Å². The fourth-order valence-electron chi connectivity index (χ4n) is 1.05. The Morgan fingerprint density at radius 1 is 1.46 bits per heavy atom. The number of carboxylic acids is 1. The van der Waals surface area contributed by atoms with Crippen molar-refractivity contribution in [2.75, 3.05) is 0 Å². The topological polar surface area (TPSA) is 53.3 Å². The second-order valence-electron chi connectivity index (χ2n) is 4.16. The molecule has 0 spiro atoms. The largest absolute Gasteiger partial charge is 0.542 e. The Bertz CT molecular complexity index is 328. The molecular weight excluding hydrogens is 168 g/mol. The number of carboxylic acid groups (broad SMARTS) is 1. The Morgan fingerprint density at radius 3 is 2.23 bits per heavy atom. The van der Waals surface area contributed by atoms with Crippen LogP contribution in [0.3, 0.4) is 0 Å². The maximum absolute atomic E-state index is 10.6. The van der Waals surface area contributed by atoms with Gasteiger partial charge in [-0.1, -0.05) is 20.8 Å². The van der Waals surface area contributed by atoms with Crippen LogP contribution in [0.1, 0.15) is 42.6 Å². The van der Waals surface area contributed by atoms with Gasteiger partial charge in [0.1, 0.15) is 11.7 Å². The van der Waals surface area contributed by atoms with Crippen molar-refractivity contribution in [3.8, 4) is 0 Å². The summed E-state index contributed by atoms with van der Waals surface area (Å²) in [6.07, 6.45) is 0. The number of hydrogen-bond acceptors (Lipinski definition) is 3. The van der Waals surface area contributed by atoms with E-state index in [1.807, 2.05) is 20.8 Å². The number of furan rings is 1. The van der Waals surface area contributed by atoms with Gasteiger partial charge < -0.3 is 14.3 Å². The number of hydrogen-bond donors (Lipinski definition) is 0. The molecule has 0 unspecified atom stereocenters. The smallest absolute Gasteiger partial charge is 0.152 e. The lowest BCUT2D eigenvalue weighted by molar-refractivity contribution is -0.257. The van der Waals surface area contributed by atoms with E-state index < -0.39 is 5.97 Å². The molecule has 1 rings (SSSR count). The third kappa shape index (κ3) is 1.91. The van der Waals surface area contributed by atoms with Crippen LogP contribution in [0.5, 0.6) is 0 Å². The molecule has 0 bridgehead atoms. The Morgan fingerprint density at radius 2 is 2.00 bits per heavy atom. The van der Waals surface area contributed by atoms with Gasteiger partial charge in [0.25, 0.3) is 0 Å². The lowest BCUT2D eigenvalue weighted by atomic mass is 9.93. The van der Waals surface area contributed by atoms with Crippen LogP contribution in [0.4, 0.5) is 0 Å². The summed E-state index contributed by atoms with van der Waals surface area (Å²) in [5, 5.41) is 10.6. The summed E-state index contributed by atoms with van der Waals surface area (Å²) in [6, 6.07) is 1.74. The summed E-state index contributed by atoms with van der Waals surface area (Å²) >= 11 is 0. The number of aromatic carboxylic acids is 1. The molecular formula is C10H13O3-. The highest BCUT2D eigenvalue weighted by molar-refractivity contribution is 5.84. The zero-order chi connectivity index (χ0) is 10.2.